The molecule has 0 atom stereocenters. The van der Waals surface area contributed by atoms with Gasteiger partial charge in [0.25, 0.3) is 11.5 Å². The number of nitrogens with one attached hydrogen (secondary N) is 1. The molecule has 0 fully saturated rings. The van der Waals surface area contributed by atoms with Crippen LogP contribution in [0.3, 0.4) is 0 Å². The smallest absolute Gasteiger partial charge is 0.275 e. The molecule has 1 amide bonds. The molecule has 0 aliphatic carbocycles. The molecule has 4 rings (SSSR count). The molecular weight excluding hydrogens is 502 g/mol. The molecule has 1 N–H and O–H groups in total. The van der Waals surface area contributed by atoms with Crippen molar-refractivity contribution in [2.24, 2.45) is 0 Å². The highest BCUT2D eigenvalue weighted by Gasteiger charge is 2.14. The predicted octanol–water partition coefficient (Wildman–Crippen LogP) is 3.40. The molecule has 0 aliphatic rings. The number of rotatable bonds is 9. The van der Waals surface area contributed by atoms with Crippen LogP contribution in [0.4, 0.5) is 5.13 Å². The third kappa shape index (κ3) is 5.73. The standard InChI is InChI=1S/C23H21N7O4S2/c1-4-5-19-27-28-22(36-19)26-21(32)15(11-24)8-14-6-7-17(18(9-14)33-3)34-12-16-10-20(31)30-23(25-16)35-13(2)29-30/h6-10H,4-5,12H2,1-3H3,(H,26,28,32)/b15-8-. The van der Waals surface area contributed by atoms with Gasteiger partial charge in [-0.25, -0.2) is 4.98 Å². The zero-order valence-electron chi connectivity index (χ0n) is 19.6. The molecule has 11 nitrogen and oxygen atoms in total. The molecule has 4 aromatic rings. The predicted molar refractivity (Wildman–Crippen MR) is 135 cm³/mol. The van der Waals surface area contributed by atoms with Crippen LogP contribution in [0.25, 0.3) is 11.0 Å². The van der Waals surface area contributed by atoms with Gasteiger partial charge < -0.3 is 9.47 Å². The number of hydrogen-bond acceptors (Lipinski definition) is 11. The number of benzene rings is 1. The Labute approximate surface area is 213 Å². The van der Waals surface area contributed by atoms with E-state index in [-0.39, 0.29) is 17.7 Å². The van der Waals surface area contributed by atoms with Crippen molar-refractivity contribution < 1.29 is 14.3 Å². The second-order valence-corrected chi connectivity index (χ2v) is 9.70. The molecule has 0 unspecified atom stereocenters. The van der Waals surface area contributed by atoms with Gasteiger partial charge >= 0.3 is 0 Å². The number of carbonyl (C=O) groups excluding carboxylic acids is 1. The van der Waals surface area contributed by atoms with Gasteiger partial charge in [-0.05, 0) is 37.1 Å². The van der Waals surface area contributed by atoms with E-state index < -0.39 is 5.91 Å². The Hall–Kier alpha value is -4.15. The Balaban J connectivity index is 1.48. The van der Waals surface area contributed by atoms with E-state index >= 15 is 0 Å². The Morgan fingerprint density at radius 3 is 2.83 bits per heavy atom. The maximum absolute atomic E-state index is 12.6. The van der Waals surface area contributed by atoms with Crippen molar-refractivity contribution in [3.05, 3.63) is 61.5 Å². The first-order valence-corrected chi connectivity index (χ1v) is 12.5. The molecule has 0 radical (unpaired) electrons. The van der Waals surface area contributed by atoms with Crippen LogP contribution < -0.4 is 20.3 Å². The van der Waals surface area contributed by atoms with Crippen molar-refractivity contribution in [3.63, 3.8) is 0 Å². The summed E-state index contributed by atoms with van der Waals surface area (Å²) in [5.74, 6) is 0.223. The first-order chi connectivity index (χ1) is 17.4. The number of anilines is 1. The third-order valence-electron chi connectivity index (χ3n) is 4.79. The van der Waals surface area contributed by atoms with Crippen LogP contribution in [0.5, 0.6) is 11.5 Å². The molecule has 0 aliphatic heterocycles. The first kappa shape index (κ1) is 25.0. The van der Waals surface area contributed by atoms with Gasteiger partial charge in [-0.2, -0.15) is 14.9 Å². The largest absolute Gasteiger partial charge is 0.493 e. The number of ether oxygens (including phenoxy) is 2. The Morgan fingerprint density at radius 2 is 2.08 bits per heavy atom. The highest BCUT2D eigenvalue weighted by molar-refractivity contribution is 7.16. The number of hydrogen-bond donors (Lipinski definition) is 1. The van der Waals surface area contributed by atoms with Crippen LogP contribution in [0.2, 0.25) is 0 Å². The fourth-order valence-electron chi connectivity index (χ4n) is 3.17. The number of fused-ring (bicyclic) bond motifs is 1. The highest BCUT2D eigenvalue weighted by Crippen LogP contribution is 2.30. The molecule has 0 saturated carbocycles. The number of methoxy groups -OCH3 is 1. The highest BCUT2D eigenvalue weighted by atomic mass is 32.1. The molecule has 3 aromatic heterocycles. The Kier molecular flexibility index (Phi) is 7.67. The second-order valence-electron chi connectivity index (χ2n) is 7.48. The number of amides is 1. The van der Waals surface area contributed by atoms with E-state index in [2.05, 4.69) is 25.6 Å². The number of nitrogens with zero attached hydrogens (tertiary/aromatic N) is 6. The minimum absolute atomic E-state index is 0.0436. The molecule has 0 spiro atoms. The molecule has 0 bridgehead atoms. The van der Waals surface area contributed by atoms with Gasteiger partial charge in [0.1, 0.15) is 28.3 Å². The van der Waals surface area contributed by atoms with Crippen molar-refractivity contribution in [2.45, 2.75) is 33.3 Å². The quantitative estimate of drug-likeness (QED) is 0.258. The summed E-state index contributed by atoms with van der Waals surface area (Å²) in [4.78, 5) is 29.7. The van der Waals surface area contributed by atoms with Crippen LogP contribution in [0.15, 0.2) is 34.6 Å². The van der Waals surface area contributed by atoms with E-state index in [0.717, 1.165) is 22.9 Å². The molecular formula is C23H21N7O4S2. The topological polar surface area (TPSA) is 144 Å². The van der Waals surface area contributed by atoms with Gasteiger partial charge in [0.05, 0.1) is 12.8 Å². The average Bonchev–Trinajstić information content (AvgIpc) is 3.47. The van der Waals surface area contributed by atoms with Crippen LogP contribution in [-0.2, 0) is 17.8 Å². The Bertz CT molecular complexity index is 1550. The molecule has 36 heavy (non-hydrogen) atoms. The lowest BCUT2D eigenvalue weighted by Crippen LogP contribution is -2.16. The number of nitriles is 1. The zero-order valence-corrected chi connectivity index (χ0v) is 21.3. The minimum Gasteiger partial charge on any atom is -0.493 e. The summed E-state index contributed by atoms with van der Waals surface area (Å²) < 4.78 is 12.5. The summed E-state index contributed by atoms with van der Waals surface area (Å²) in [6.07, 6.45) is 3.14. The third-order valence-corrected chi connectivity index (χ3v) is 6.51. The summed E-state index contributed by atoms with van der Waals surface area (Å²) in [7, 11) is 1.48. The zero-order chi connectivity index (χ0) is 25.7. The molecule has 184 valence electrons. The van der Waals surface area contributed by atoms with Gasteiger partial charge in [-0.15, -0.1) is 10.2 Å². The van der Waals surface area contributed by atoms with Gasteiger partial charge in [-0.3, -0.25) is 14.9 Å². The first-order valence-electron chi connectivity index (χ1n) is 10.8. The van der Waals surface area contributed by atoms with Gasteiger partial charge in [0.15, 0.2) is 11.5 Å². The van der Waals surface area contributed by atoms with Crippen molar-refractivity contribution >= 4 is 44.7 Å². The fraction of sp³-hybridized carbons (Fsp3) is 0.261. The number of carbonyl (C=O) groups is 1. The summed E-state index contributed by atoms with van der Waals surface area (Å²) in [6, 6.07) is 8.26. The van der Waals surface area contributed by atoms with Crippen LogP contribution in [-0.4, -0.2) is 37.8 Å². The maximum Gasteiger partial charge on any atom is 0.275 e. The molecule has 1 aromatic carbocycles. The lowest BCUT2D eigenvalue weighted by Gasteiger charge is -2.11. The van der Waals surface area contributed by atoms with E-state index in [0.29, 0.717) is 32.8 Å². The van der Waals surface area contributed by atoms with Gasteiger partial charge in [-0.1, -0.05) is 35.7 Å². The van der Waals surface area contributed by atoms with Crippen molar-refractivity contribution in [2.75, 3.05) is 12.4 Å². The van der Waals surface area contributed by atoms with Gasteiger partial charge in [0.2, 0.25) is 10.1 Å². The van der Waals surface area contributed by atoms with E-state index in [1.54, 1.807) is 25.1 Å². The van der Waals surface area contributed by atoms with Crippen molar-refractivity contribution in [1.82, 2.24) is 24.8 Å². The summed E-state index contributed by atoms with van der Waals surface area (Å²) in [6.45, 7) is 3.88. The monoisotopic (exact) mass is 523 g/mol. The fourth-order valence-corrected chi connectivity index (χ4v) is 4.77. The van der Waals surface area contributed by atoms with Gasteiger partial charge in [0, 0.05) is 12.5 Å². The van der Waals surface area contributed by atoms with E-state index in [4.69, 9.17) is 9.47 Å². The van der Waals surface area contributed by atoms with Crippen LogP contribution in [0, 0.1) is 18.3 Å². The minimum atomic E-state index is -0.581. The molecule has 0 saturated heterocycles. The normalized spacial score (nSPS) is 11.3. The maximum atomic E-state index is 12.6. The molecule has 3 heterocycles. The SMILES string of the molecule is CCCc1nnc(NC(=O)/C(C#N)=C\c2ccc(OCc3cc(=O)n4nc(C)sc4n3)c(OC)c2)s1. The van der Waals surface area contributed by atoms with Crippen LogP contribution in [0.1, 0.15) is 34.6 Å². The van der Waals surface area contributed by atoms with Crippen LogP contribution >= 0.6 is 22.7 Å². The summed E-state index contributed by atoms with van der Waals surface area (Å²) >= 11 is 2.59. The molecule has 13 heteroatoms. The number of aryl methyl sites for hydroxylation is 2. The van der Waals surface area contributed by atoms with Crippen molar-refractivity contribution in [1.29, 1.82) is 5.26 Å². The lowest BCUT2D eigenvalue weighted by atomic mass is 10.1. The number of aromatic nitrogens is 5. The average molecular weight is 524 g/mol. The van der Waals surface area contributed by atoms with E-state index in [9.17, 15) is 14.9 Å². The lowest BCUT2D eigenvalue weighted by molar-refractivity contribution is -0.112. The van der Waals surface area contributed by atoms with Crippen molar-refractivity contribution in [3.8, 4) is 17.6 Å². The summed E-state index contributed by atoms with van der Waals surface area (Å²) in [5.41, 5.74) is 0.633. The second kappa shape index (κ2) is 11.1. The van der Waals surface area contributed by atoms with E-state index in [1.165, 1.54) is 46.4 Å². The van der Waals surface area contributed by atoms with E-state index in [1.807, 2.05) is 13.0 Å². The Morgan fingerprint density at radius 1 is 1.25 bits per heavy atom. The summed E-state index contributed by atoms with van der Waals surface area (Å²) in [5, 5.41) is 26.1.